The number of nitriles is 1. The zero-order valence-electron chi connectivity index (χ0n) is 11.7. The molecule has 1 aliphatic rings. The normalized spacial score (nSPS) is 15.6. The van der Waals surface area contributed by atoms with Gasteiger partial charge in [0.15, 0.2) is 21.4 Å². The van der Waals surface area contributed by atoms with Crippen molar-refractivity contribution in [3.63, 3.8) is 0 Å². The second-order valence-electron chi connectivity index (χ2n) is 4.99. The number of benzene rings is 1. The summed E-state index contributed by atoms with van der Waals surface area (Å²) in [6, 6.07) is 5.59. The number of halogens is 1. The van der Waals surface area contributed by atoms with E-state index in [9.17, 15) is 18.0 Å². The molecule has 0 N–H and O–H groups in total. The molecule has 0 saturated carbocycles. The van der Waals surface area contributed by atoms with Crippen molar-refractivity contribution in [2.75, 3.05) is 6.26 Å². The third-order valence-electron chi connectivity index (χ3n) is 3.39. The van der Waals surface area contributed by atoms with E-state index < -0.39 is 15.6 Å². The van der Waals surface area contributed by atoms with Gasteiger partial charge >= 0.3 is 0 Å². The van der Waals surface area contributed by atoms with Crippen LogP contribution in [0.4, 0.5) is 0 Å². The van der Waals surface area contributed by atoms with Crippen molar-refractivity contribution in [1.29, 1.82) is 5.26 Å². The van der Waals surface area contributed by atoms with Gasteiger partial charge in [-0.05, 0) is 31.0 Å². The van der Waals surface area contributed by atoms with Gasteiger partial charge in [0.05, 0.1) is 21.6 Å². The van der Waals surface area contributed by atoms with E-state index in [1.54, 1.807) is 0 Å². The van der Waals surface area contributed by atoms with E-state index in [4.69, 9.17) is 16.9 Å². The van der Waals surface area contributed by atoms with Crippen LogP contribution in [0.2, 0.25) is 5.02 Å². The molecule has 22 heavy (non-hydrogen) atoms. The molecule has 1 aromatic carbocycles. The summed E-state index contributed by atoms with van der Waals surface area (Å²) in [5, 5.41) is 9.01. The van der Waals surface area contributed by atoms with Gasteiger partial charge in [-0.2, -0.15) is 5.26 Å². The van der Waals surface area contributed by atoms with Crippen LogP contribution in [0.5, 0.6) is 0 Å². The third kappa shape index (κ3) is 3.11. The SMILES string of the molecule is CS(=O)(=O)c1ccc(C(=O)C2=C(C#N)CCCC2=O)c(Cl)c1. The first kappa shape index (κ1) is 16.4. The molecule has 0 saturated heterocycles. The molecule has 0 bridgehead atoms. The van der Waals surface area contributed by atoms with Crippen molar-refractivity contribution in [3.05, 3.63) is 39.9 Å². The van der Waals surface area contributed by atoms with Crippen LogP contribution in [-0.4, -0.2) is 26.2 Å². The predicted molar refractivity (Wildman–Crippen MR) is 80.4 cm³/mol. The van der Waals surface area contributed by atoms with E-state index in [-0.39, 0.29) is 38.8 Å². The number of hydrogen-bond acceptors (Lipinski definition) is 5. The van der Waals surface area contributed by atoms with Gasteiger partial charge in [0, 0.05) is 23.8 Å². The van der Waals surface area contributed by atoms with E-state index in [0.717, 1.165) is 6.26 Å². The van der Waals surface area contributed by atoms with Crippen molar-refractivity contribution in [2.24, 2.45) is 0 Å². The Hall–Kier alpha value is -1.97. The molecule has 5 nitrogen and oxygen atoms in total. The lowest BCUT2D eigenvalue weighted by molar-refractivity contribution is -0.115. The summed E-state index contributed by atoms with van der Waals surface area (Å²) in [4.78, 5) is 24.4. The third-order valence-corrected chi connectivity index (χ3v) is 4.81. The molecule has 0 aliphatic heterocycles. The number of allylic oxidation sites excluding steroid dienone is 2. The van der Waals surface area contributed by atoms with Crippen LogP contribution in [0.1, 0.15) is 29.6 Å². The van der Waals surface area contributed by atoms with E-state index in [1.807, 2.05) is 6.07 Å². The van der Waals surface area contributed by atoms with Crippen molar-refractivity contribution in [1.82, 2.24) is 0 Å². The van der Waals surface area contributed by atoms with Crippen LogP contribution in [-0.2, 0) is 14.6 Å². The first-order valence-electron chi connectivity index (χ1n) is 6.46. The maximum absolute atomic E-state index is 12.5. The van der Waals surface area contributed by atoms with Crippen LogP contribution in [0.25, 0.3) is 0 Å². The molecule has 1 aromatic rings. The van der Waals surface area contributed by atoms with Gasteiger partial charge in [-0.3, -0.25) is 9.59 Å². The minimum Gasteiger partial charge on any atom is -0.294 e. The fourth-order valence-electron chi connectivity index (χ4n) is 2.26. The fourth-order valence-corrected chi connectivity index (χ4v) is 3.24. The highest BCUT2D eigenvalue weighted by molar-refractivity contribution is 7.90. The van der Waals surface area contributed by atoms with E-state index in [2.05, 4.69) is 0 Å². The number of hydrogen-bond donors (Lipinski definition) is 0. The minimum absolute atomic E-state index is 0.0153. The summed E-state index contributed by atoms with van der Waals surface area (Å²) in [5.41, 5.74) is 0.0410. The monoisotopic (exact) mass is 337 g/mol. The second-order valence-corrected chi connectivity index (χ2v) is 7.41. The summed E-state index contributed by atoms with van der Waals surface area (Å²) in [5.74, 6) is -1.01. The molecule has 0 fully saturated rings. The fraction of sp³-hybridized carbons (Fsp3) is 0.267. The molecule has 114 valence electrons. The van der Waals surface area contributed by atoms with Gasteiger partial charge in [-0.1, -0.05) is 11.6 Å². The zero-order valence-corrected chi connectivity index (χ0v) is 13.3. The van der Waals surface area contributed by atoms with Gasteiger partial charge in [0.25, 0.3) is 0 Å². The zero-order chi connectivity index (χ0) is 16.5. The van der Waals surface area contributed by atoms with Gasteiger partial charge < -0.3 is 0 Å². The average molecular weight is 338 g/mol. The lowest BCUT2D eigenvalue weighted by atomic mass is 9.86. The van der Waals surface area contributed by atoms with Crippen molar-refractivity contribution in [2.45, 2.75) is 24.2 Å². The number of carbonyl (C=O) groups excluding carboxylic acids is 2. The average Bonchev–Trinajstić information content (AvgIpc) is 2.45. The quantitative estimate of drug-likeness (QED) is 0.624. The summed E-state index contributed by atoms with van der Waals surface area (Å²) in [6.07, 6.45) is 2.16. The Kier molecular flexibility index (Phi) is 4.50. The highest BCUT2D eigenvalue weighted by atomic mass is 35.5. The Morgan fingerprint density at radius 1 is 1.32 bits per heavy atom. The first-order valence-corrected chi connectivity index (χ1v) is 8.73. The molecule has 1 aliphatic carbocycles. The molecule has 0 radical (unpaired) electrons. The molecular weight excluding hydrogens is 326 g/mol. The Labute approximate surface area is 133 Å². The molecule has 2 rings (SSSR count). The Morgan fingerprint density at radius 3 is 2.55 bits per heavy atom. The van der Waals surface area contributed by atoms with Crippen molar-refractivity contribution >= 4 is 33.0 Å². The van der Waals surface area contributed by atoms with Crippen LogP contribution in [0.15, 0.2) is 34.2 Å². The van der Waals surface area contributed by atoms with Crippen molar-refractivity contribution in [3.8, 4) is 6.07 Å². The largest absolute Gasteiger partial charge is 0.294 e. The van der Waals surface area contributed by atoms with Crippen LogP contribution in [0, 0.1) is 11.3 Å². The Morgan fingerprint density at radius 2 is 2.00 bits per heavy atom. The minimum atomic E-state index is -3.45. The highest BCUT2D eigenvalue weighted by Crippen LogP contribution is 2.28. The number of Topliss-reactive ketones (excluding diaryl/α,β-unsaturated/α-hetero) is 2. The number of ketones is 2. The molecule has 0 heterocycles. The topological polar surface area (TPSA) is 92.1 Å². The molecule has 0 aromatic heterocycles. The summed E-state index contributed by atoms with van der Waals surface area (Å²) in [6.45, 7) is 0. The molecule has 0 amide bonds. The van der Waals surface area contributed by atoms with Crippen LogP contribution in [0.3, 0.4) is 0 Å². The standard InChI is InChI=1S/C15H12ClNO4S/c1-22(20,21)10-5-6-11(12(16)7-10)15(19)14-9(8-17)3-2-4-13(14)18/h5-7H,2-4H2,1H3. The van der Waals surface area contributed by atoms with Crippen LogP contribution < -0.4 is 0 Å². The highest BCUT2D eigenvalue weighted by Gasteiger charge is 2.28. The smallest absolute Gasteiger partial charge is 0.199 e. The summed E-state index contributed by atoms with van der Waals surface area (Å²) in [7, 11) is -3.45. The number of rotatable bonds is 3. The summed E-state index contributed by atoms with van der Waals surface area (Å²) >= 11 is 5.99. The maximum atomic E-state index is 12.5. The molecular formula is C15H12ClNO4S. The number of carbonyl (C=O) groups is 2. The van der Waals surface area contributed by atoms with Gasteiger partial charge in [-0.15, -0.1) is 0 Å². The predicted octanol–water partition coefficient (Wildman–Crippen LogP) is 2.50. The summed E-state index contributed by atoms with van der Waals surface area (Å²) < 4.78 is 22.9. The lowest BCUT2D eigenvalue weighted by Gasteiger charge is -2.14. The second kappa shape index (κ2) is 6.03. The Balaban J connectivity index is 2.53. The first-order chi connectivity index (χ1) is 10.3. The maximum Gasteiger partial charge on any atom is 0.199 e. The van der Waals surface area contributed by atoms with Crippen molar-refractivity contribution < 1.29 is 18.0 Å². The Bertz CT molecular complexity index is 847. The van der Waals surface area contributed by atoms with E-state index >= 15 is 0 Å². The van der Waals surface area contributed by atoms with Crippen LogP contribution >= 0.6 is 11.6 Å². The number of nitrogens with zero attached hydrogens (tertiary/aromatic N) is 1. The van der Waals surface area contributed by atoms with Gasteiger partial charge in [0.2, 0.25) is 0 Å². The van der Waals surface area contributed by atoms with Gasteiger partial charge in [-0.25, -0.2) is 8.42 Å². The van der Waals surface area contributed by atoms with E-state index in [0.29, 0.717) is 12.8 Å². The van der Waals surface area contributed by atoms with E-state index in [1.165, 1.54) is 18.2 Å². The molecule has 0 unspecified atom stereocenters. The molecule has 7 heteroatoms. The molecule has 0 spiro atoms. The van der Waals surface area contributed by atoms with Gasteiger partial charge in [0.1, 0.15) is 0 Å². The lowest BCUT2D eigenvalue weighted by Crippen LogP contribution is -2.19. The number of sulfone groups is 1. The molecule has 0 atom stereocenters.